The number of nitrogens with zero attached hydrogens (tertiary/aromatic N) is 2. The van der Waals surface area contributed by atoms with E-state index < -0.39 is 15.9 Å². The van der Waals surface area contributed by atoms with E-state index in [1.165, 1.54) is 23.5 Å². The quantitative estimate of drug-likeness (QED) is 0.646. The Bertz CT molecular complexity index is 1150. The molecule has 0 radical (unpaired) electrons. The maximum atomic E-state index is 13.4. The van der Waals surface area contributed by atoms with E-state index >= 15 is 0 Å². The Morgan fingerprint density at radius 3 is 2.57 bits per heavy atom. The lowest BCUT2D eigenvalue weighted by Crippen LogP contribution is -2.28. The molecule has 2 aromatic heterocycles. The number of halogens is 1. The fourth-order valence-corrected chi connectivity index (χ4v) is 4.63. The zero-order valence-corrected chi connectivity index (χ0v) is 17.5. The highest BCUT2D eigenvalue weighted by Gasteiger charge is 2.32. The van der Waals surface area contributed by atoms with Gasteiger partial charge in [0.15, 0.2) is 0 Å². The topological polar surface area (TPSA) is 116 Å². The van der Waals surface area contributed by atoms with Gasteiger partial charge < -0.3 is 9.26 Å². The van der Waals surface area contributed by atoms with Crippen molar-refractivity contribution in [2.24, 2.45) is 5.14 Å². The maximum Gasteiger partial charge on any atom is 0.276 e. The molecule has 0 aliphatic rings. The number of hydrogen-bond donors (Lipinski definition) is 1. The number of ether oxygens (including phenoxy) is 1. The van der Waals surface area contributed by atoms with Crippen molar-refractivity contribution in [2.45, 2.75) is 18.7 Å². The van der Waals surface area contributed by atoms with E-state index in [2.05, 4.69) is 5.16 Å². The van der Waals surface area contributed by atoms with Gasteiger partial charge in [-0.3, -0.25) is 4.79 Å². The number of amides is 1. The average molecular weight is 442 g/mol. The summed E-state index contributed by atoms with van der Waals surface area (Å²) >= 11 is 7.23. The Labute approximate surface area is 170 Å². The van der Waals surface area contributed by atoms with E-state index in [0.717, 1.165) is 11.3 Å². The number of carbonyl (C=O) groups is 1. The normalized spacial score (nSPS) is 11.5. The zero-order valence-electron chi connectivity index (χ0n) is 15.1. The lowest BCUT2D eigenvalue weighted by Gasteiger charge is -2.22. The standard InChI is InChI=1S/C17H16ClN3O5S2/c1-9-8-11(25-3)4-5-12(9)21(17-14(18)10(2)20-26-17)16(22)15-13(6-7-27-15)28(19,23)24/h4-8H,1-3H3,(H2,19,23,24). The molecule has 11 heteroatoms. The SMILES string of the molecule is COc1ccc(N(C(=O)c2sccc2S(N)(=O)=O)c2onc(C)c2Cl)c(C)c1. The molecular weight excluding hydrogens is 426 g/mol. The molecule has 0 aliphatic heterocycles. The van der Waals surface area contributed by atoms with Gasteiger partial charge in [-0.05, 0) is 49.1 Å². The summed E-state index contributed by atoms with van der Waals surface area (Å²) in [7, 11) is -2.57. The number of aromatic nitrogens is 1. The number of anilines is 2. The maximum absolute atomic E-state index is 13.4. The minimum absolute atomic E-state index is 0.0220. The Hall–Kier alpha value is -2.40. The highest BCUT2D eigenvalue weighted by atomic mass is 35.5. The summed E-state index contributed by atoms with van der Waals surface area (Å²) in [4.78, 5) is 14.2. The second-order valence-electron chi connectivity index (χ2n) is 5.84. The van der Waals surface area contributed by atoms with Crippen LogP contribution in [-0.4, -0.2) is 26.6 Å². The van der Waals surface area contributed by atoms with Crippen LogP contribution in [0.25, 0.3) is 0 Å². The number of carbonyl (C=O) groups excluding carboxylic acids is 1. The Morgan fingerprint density at radius 1 is 1.32 bits per heavy atom. The molecule has 0 fully saturated rings. The third kappa shape index (κ3) is 3.63. The highest BCUT2D eigenvalue weighted by Crippen LogP contribution is 2.39. The van der Waals surface area contributed by atoms with Crippen molar-refractivity contribution < 1.29 is 22.5 Å². The van der Waals surface area contributed by atoms with Crippen LogP contribution in [0.4, 0.5) is 11.6 Å². The number of methoxy groups -OCH3 is 1. The Morgan fingerprint density at radius 2 is 2.04 bits per heavy atom. The first kappa shape index (κ1) is 20.3. The molecule has 0 saturated heterocycles. The van der Waals surface area contributed by atoms with Crippen molar-refractivity contribution in [3.8, 4) is 5.75 Å². The van der Waals surface area contributed by atoms with E-state index in [1.54, 1.807) is 32.0 Å². The summed E-state index contributed by atoms with van der Waals surface area (Å²) in [5, 5.41) is 10.7. The summed E-state index contributed by atoms with van der Waals surface area (Å²) in [6.45, 7) is 3.39. The van der Waals surface area contributed by atoms with Crippen LogP contribution < -0.4 is 14.8 Å². The van der Waals surface area contributed by atoms with Crippen LogP contribution in [0.5, 0.6) is 5.75 Å². The molecule has 2 N–H and O–H groups in total. The first-order valence-corrected chi connectivity index (χ1v) is 10.7. The van der Waals surface area contributed by atoms with Crippen molar-refractivity contribution >= 4 is 50.4 Å². The predicted octanol–water partition coefficient (Wildman–Crippen LogP) is 3.64. The lowest BCUT2D eigenvalue weighted by atomic mass is 10.1. The van der Waals surface area contributed by atoms with E-state index in [-0.39, 0.29) is 20.7 Å². The molecule has 1 amide bonds. The minimum atomic E-state index is -4.10. The van der Waals surface area contributed by atoms with Crippen molar-refractivity contribution in [1.82, 2.24) is 5.16 Å². The number of rotatable bonds is 5. The molecule has 1 aromatic carbocycles. The molecule has 3 aromatic rings. The van der Waals surface area contributed by atoms with E-state index in [9.17, 15) is 13.2 Å². The van der Waals surface area contributed by atoms with Crippen molar-refractivity contribution in [3.63, 3.8) is 0 Å². The fraction of sp³-hybridized carbons (Fsp3) is 0.176. The molecule has 0 spiro atoms. The van der Waals surface area contributed by atoms with Crippen LogP contribution in [0, 0.1) is 13.8 Å². The van der Waals surface area contributed by atoms with Crippen LogP contribution in [0.3, 0.4) is 0 Å². The second kappa shape index (κ2) is 7.55. The monoisotopic (exact) mass is 441 g/mol. The summed E-state index contributed by atoms with van der Waals surface area (Å²) in [5.74, 6) is -0.0913. The number of sulfonamides is 1. The summed E-state index contributed by atoms with van der Waals surface area (Å²) in [6, 6.07) is 6.31. The van der Waals surface area contributed by atoms with Gasteiger partial charge in [0.25, 0.3) is 11.8 Å². The number of hydrogen-bond acceptors (Lipinski definition) is 7. The molecule has 8 nitrogen and oxygen atoms in total. The van der Waals surface area contributed by atoms with Crippen LogP contribution in [-0.2, 0) is 10.0 Å². The third-order valence-corrected chi connectivity index (χ3v) is 6.38. The smallest absolute Gasteiger partial charge is 0.276 e. The number of nitrogens with two attached hydrogens (primary N) is 1. The molecule has 0 saturated carbocycles. The van der Waals surface area contributed by atoms with Gasteiger partial charge in [0.05, 0.1) is 12.8 Å². The van der Waals surface area contributed by atoms with Crippen molar-refractivity contribution in [3.05, 3.63) is 50.8 Å². The number of aryl methyl sites for hydroxylation is 2. The van der Waals surface area contributed by atoms with Crippen LogP contribution >= 0.6 is 22.9 Å². The van der Waals surface area contributed by atoms with Gasteiger partial charge >= 0.3 is 0 Å². The molecule has 0 aliphatic carbocycles. The number of primary sulfonamides is 1. The molecule has 148 valence electrons. The minimum Gasteiger partial charge on any atom is -0.497 e. The van der Waals surface area contributed by atoms with E-state index in [4.69, 9.17) is 26.0 Å². The Balaban J connectivity index is 2.22. The van der Waals surface area contributed by atoms with Crippen molar-refractivity contribution in [2.75, 3.05) is 12.0 Å². The molecule has 0 atom stereocenters. The van der Waals surface area contributed by atoms with Crippen LogP contribution in [0.2, 0.25) is 5.02 Å². The average Bonchev–Trinajstić information content (AvgIpc) is 3.25. The molecule has 0 unspecified atom stereocenters. The van der Waals surface area contributed by atoms with Gasteiger partial charge in [0.1, 0.15) is 26.2 Å². The van der Waals surface area contributed by atoms with Gasteiger partial charge in [-0.25, -0.2) is 18.5 Å². The van der Waals surface area contributed by atoms with Gasteiger partial charge in [0, 0.05) is 0 Å². The molecule has 28 heavy (non-hydrogen) atoms. The van der Waals surface area contributed by atoms with Crippen molar-refractivity contribution in [1.29, 1.82) is 0 Å². The molecular formula is C17H16ClN3O5S2. The first-order valence-electron chi connectivity index (χ1n) is 7.86. The molecule has 2 heterocycles. The second-order valence-corrected chi connectivity index (χ2v) is 8.66. The highest BCUT2D eigenvalue weighted by molar-refractivity contribution is 7.89. The Kier molecular flexibility index (Phi) is 5.48. The number of benzene rings is 1. The van der Waals surface area contributed by atoms with Gasteiger partial charge in [0.2, 0.25) is 10.0 Å². The van der Waals surface area contributed by atoms with E-state index in [0.29, 0.717) is 22.7 Å². The largest absolute Gasteiger partial charge is 0.497 e. The van der Waals surface area contributed by atoms with E-state index in [1.807, 2.05) is 0 Å². The first-order chi connectivity index (χ1) is 13.1. The zero-order chi connectivity index (χ0) is 20.6. The van der Waals surface area contributed by atoms with Gasteiger partial charge in [-0.15, -0.1) is 11.3 Å². The van der Waals surface area contributed by atoms with Gasteiger partial charge in [-0.1, -0.05) is 16.8 Å². The molecule has 3 rings (SSSR count). The summed E-state index contributed by atoms with van der Waals surface area (Å²) in [5.41, 5.74) is 1.49. The number of thiophene rings is 1. The summed E-state index contributed by atoms with van der Waals surface area (Å²) in [6.07, 6.45) is 0. The van der Waals surface area contributed by atoms with Crippen LogP contribution in [0.15, 0.2) is 39.1 Å². The molecule has 0 bridgehead atoms. The summed E-state index contributed by atoms with van der Waals surface area (Å²) < 4.78 is 34.2. The van der Waals surface area contributed by atoms with Crippen LogP contribution in [0.1, 0.15) is 20.9 Å². The lowest BCUT2D eigenvalue weighted by molar-refractivity contribution is 0.0995. The fourth-order valence-electron chi connectivity index (χ4n) is 2.58. The van der Waals surface area contributed by atoms with Gasteiger partial charge in [-0.2, -0.15) is 0 Å². The predicted molar refractivity (Wildman–Crippen MR) is 106 cm³/mol. The third-order valence-electron chi connectivity index (χ3n) is 3.96.